The van der Waals surface area contributed by atoms with Gasteiger partial charge in [0, 0.05) is 27.6 Å². The van der Waals surface area contributed by atoms with Crippen molar-refractivity contribution in [2.45, 2.75) is 0 Å². The first-order chi connectivity index (χ1) is 10.2. The summed E-state index contributed by atoms with van der Waals surface area (Å²) in [6.07, 6.45) is 3.54. The van der Waals surface area contributed by atoms with Crippen LogP contribution in [-0.4, -0.2) is 12.1 Å². The van der Waals surface area contributed by atoms with E-state index in [-0.39, 0.29) is 0 Å². The number of halogens is 1. The Hall–Kier alpha value is -2.27. The number of rotatable bonds is 3. The number of anilines is 3. The van der Waals surface area contributed by atoms with E-state index in [0.29, 0.717) is 5.69 Å². The summed E-state index contributed by atoms with van der Waals surface area (Å²) >= 11 is 3.46. The number of hydrogen-bond acceptors (Lipinski definition) is 4. The van der Waals surface area contributed by atoms with Gasteiger partial charge in [-0.3, -0.25) is 4.98 Å². The van der Waals surface area contributed by atoms with Crippen molar-refractivity contribution in [2.75, 3.05) is 18.2 Å². The molecular formula is C16H14BrN3O. The zero-order valence-corrected chi connectivity index (χ0v) is 13.0. The molecule has 0 unspecified atom stereocenters. The Morgan fingerprint density at radius 1 is 1.14 bits per heavy atom. The van der Waals surface area contributed by atoms with Crippen LogP contribution in [-0.2, 0) is 0 Å². The molecule has 21 heavy (non-hydrogen) atoms. The molecule has 1 heterocycles. The lowest BCUT2D eigenvalue weighted by Gasteiger charge is -2.14. The maximum atomic E-state index is 6.25. The minimum Gasteiger partial charge on any atom is -0.495 e. The first kappa shape index (κ1) is 13.7. The second-order valence-corrected chi connectivity index (χ2v) is 5.51. The maximum absolute atomic E-state index is 6.25. The molecule has 0 bridgehead atoms. The van der Waals surface area contributed by atoms with Crippen LogP contribution in [0.1, 0.15) is 0 Å². The molecule has 2 aromatic carbocycles. The van der Waals surface area contributed by atoms with Gasteiger partial charge in [-0.2, -0.15) is 0 Å². The van der Waals surface area contributed by atoms with Gasteiger partial charge >= 0.3 is 0 Å². The third kappa shape index (κ3) is 2.64. The molecule has 3 aromatic rings. The average molecular weight is 344 g/mol. The van der Waals surface area contributed by atoms with Crippen LogP contribution < -0.4 is 15.8 Å². The summed E-state index contributed by atoms with van der Waals surface area (Å²) in [7, 11) is 1.64. The third-order valence-electron chi connectivity index (χ3n) is 3.29. The molecule has 3 N–H and O–H groups in total. The molecule has 5 heteroatoms. The smallest absolute Gasteiger partial charge is 0.142 e. The topological polar surface area (TPSA) is 60.2 Å². The van der Waals surface area contributed by atoms with Gasteiger partial charge in [-0.05, 0) is 30.3 Å². The van der Waals surface area contributed by atoms with E-state index in [1.807, 2.05) is 36.4 Å². The summed E-state index contributed by atoms with van der Waals surface area (Å²) < 4.78 is 6.33. The van der Waals surface area contributed by atoms with Gasteiger partial charge in [-0.15, -0.1) is 0 Å². The Labute approximate surface area is 131 Å². The Morgan fingerprint density at radius 3 is 2.81 bits per heavy atom. The van der Waals surface area contributed by atoms with Crippen LogP contribution >= 0.6 is 15.9 Å². The van der Waals surface area contributed by atoms with Crippen molar-refractivity contribution in [3.63, 3.8) is 0 Å². The molecule has 1 aromatic heterocycles. The molecule has 3 rings (SSSR count). The van der Waals surface area contributed by atoms with Crippen molar-refractivity contribution in [1.29, 1.82) is 0 Å². The predicted octanol–water partition coefficient (Wildman–Crippen LogP) is 4.33. The van der Waals surface area contributed by atoms with Crippen LogP contribution in [0, 0.1) is 0 Å². The first-order valence-corrected chi connectivity index (χ1v) is 7.21. The molecule has 0 aliphatic heterocycles. The van der Waals surface area contributed by atoms with Gasteiger partial charge in [-0.25, -0.2) is 0 Å². The van der Waals surface area contributed by atoms with Crippen molar-refractivity contribution >= 4 is 43.8 Å². The third-order valence-corrected chi connectivity index (χ3v) is 3.79. The Bertz CT molecular complexity index is 805. The van der Waals surface area contributed by atoms with E-state index < -0.39 is 0 Å². The van der Waals surface area contributed by atoms with E-state index in [1.165, 1.54) is 0 Å². The molecule has 0 fully saturated rings. The Morgan fingerprint density at radius 2 is 2.00 bits per heavy atom. The summed E-state index contributed by atoms with van der Waals surface area (Å²) in [6, 6.07) is 11.6. The van der Waals surface area contributed by atoms with Crippen molar-refractivity contribution in [2.24, 2.45) is 0 Å². The van der Waals surface area contributed by atoms with Crippen LogP contribution in [0.5, 0.6) is 5.75 Å². The second-order valence-electron chi connectivity index (χ2n) is 4.59. The molecule has 0 saturated heterocycles. The van der Waals surface area contributed by atoms with Crippen molar-refractivity contribution in [3.8, 4) is 5.75 Å². The Kier molecular flexibility index (Phi) is 3.66. The van der Waals surface area contributed by atoms with Gasteiger partial charge in [0.25, 0.3) is 0 Å². The molecule has 0 amide bonds. The van der Waals surface area contributed by atoms with Crippen LogP contribution in [0.2, 0.25) is 0 Å². The molecule has 0 spiro atoms. The molecule has 4 nitrogen and oxygen atoms in total. The molecule has 0 aliphatic carbocycles. The maximum Gasteiger partial charge on any atom is 0.142 e. The van der Waals surface area contributed by atoms with E-state index in [1.54, 1.807) is 19.5 Å². The monoisotopic (exact) mass is 343 g/mol. The van der Waals surface area contributed by atoms with Gasteiger partial charge in [-0.1, -0.05) is 22.0 Å². The van der Waals surface area contributed by atoms with Gasteiger partial charge in [0.05, 0.1) is 24.2 Å². The van der Waals surface area contributed by atoms with Gasteiger partial charge in [0.15, 0.2) is 0 Å². The fourth-order valence-electron chi connectivity index (χ4n) is 2.22. The predicted molar refractivity (Wildman–Crippen MR) is 90.1 cm³/mol. The molecule has 0 saturated carbocycles. The first-order valence-electron chi connectivity index (χ1n) is 6.42. The summed E-state index contributed by atoms with van der Waals surface area (Å²) in [6.45, 7) is 0. The van der Waals surface area contributed by atoms with Crippen LogP contribution in [0.25, 0.3) is 10.8 Å². The highest BCUT2D eigenvalue weighted by Crippen LogP contribution is 2.35. The number of fused-ring (bicyclic) bond motifs is 1. The molecule has 106 valence electrons. The van der Waals surface area contributed by atoms with Gasteiger partial charge in [0.1, 0.15) is 5.75 Å². The van der Waals surface area contributed by atoms with Crippen molar-refractivity contribution < 1.29 is 4.74 Å². The number of hydrogen-bond donors (Lipinski definition) is 2. The highest BCUT2D eigenvalue weighted by atomic mass is 79.9. The van der Waals surface area contributed by atoms with Crippen molar-refractivity contribution in [3.05, 3.63) is 53.3 Å². The lowest BCUT2D eigenvalue weighted by atomic mass is 10.1. The number of pyridine rings is 1. The van der Waals surface area contributed by atoms with Crippen LogP contribution in [0.15, 0.2) is 53.3 Å². The standard InChI is InChI=1S/C16H14BrN3O/c1-21-15-5-3-11(17)8-14(15)20-13-4-2-10-9-19-7-6-12(10)16(13)18/h2-9,20H,18H2,1H3. The Balaban J connectivity index is 2.06. The van der Waals surface area contributed by atoms with E-state index in [4.69, 9.17) is 10.5 Å². The number of ether oxygens (including phenoxy) is 1. The minimum atomic E-state index is 0.692. The summed E-state index contributed by atoms with van der Waals surface area (Å²) in [4.78, 5) is 4.10. The number of nitrogen functional groups attached to an aromatic ring is 1. The number of nitrogens with one attached hydrogen (secondary N) is 1. The largest absolute Gasteiger partial charge is 0.495 e. The quantitative estimate of drug-likeness (QED) is 0.694. The fraction of sp³-hybridized carbons (Fsp3) is 0.0625. The molecular weight excluding hydrogens is 330 g/mol. The van der Waals surface area contributed by atoms with Gasteiger partial charge in [0.2, 0.25) is 0 Å². The summed E-state index contributed by atoms with van der Waals surface area (Å²) in [5.41, 5.74) is 8.64. The zero-order chi connectivity index (χ0) is 14.8. The molecule has 0 aliphatic rings. The van der Waals surface area contributed by atoms with Gasteiger partial charge < -0.3 is 15.8 Å². The second kappa shape index (κ2) is 5.61. The van der Waals surface area contributed by atoms with Crippen LogP contribution in [0.3, 0.4) is 0 Å². The normalized spacial score (nSPS) is 10.6. The highest BCUT2D eigenvalue weighted by molar-refractivity contribution is 9.10. The lowest BCUT2D eigenvalue weighted by molar-refractivity contribution is 0.417. The number of methoxy groups -OCH3 is 1. The SMILES string of the molecule is COc1ccc(Br)cc1Nc1ccc2cnccc2c1N. The minimum absolute atomic E-state index is 0.692. The molecule has 0 atom stereocenters. The van der Waals surface area contributed by atoms with E-state index in [2.05, 4.69) is 26.2 Å². The van der Waals surface area contributed by atoms with E-state index >= 15 is 0 Å². The number of nitrogens with zero attached hydrogens (tertiary/aromatic N) is 1. The number of aromatic nitrogens is 1. The van der Waals surface area contributed by atoms with E-state index in [0.717, 1.165) is 32.4 Å². The number of nitrogens with two attached hydrogens (primary N) is 1. The summed E-state index contributed by atoms with van der Waals surface area (Å²) in [5, 5.41) is 5.32. The van der Waals surface area contributed by atoms with Crippen LogP contribution in [0.4, 0.5) is 17.1 Å². The zero-order valence-electron chi connectivity index (χ0n) is 11.4. The van der Waals surface area contributed by atoms with E-state index in [9.17, 15) is 0 Å². The fourth-order valence-corrected chi connectivity index (χ4v) is 2.59. The average Bonchev–Trinajstić information content (AvgIpc) is 2.51. The number of benzene rings is 2. The lowest BCUT2D eigenvalue weighted by Crippen LogP contribution is -1.99. The molecule has 0 radical (unpaired) electrons. The van der Waals surface area contributed by atoms with Crippen molar-refractivity contribution in [1.82, 2.24) is 4.98 Å². The highest BCUT2D eigenvalue weighted by Gasteiger charge is 2.08. The summed E-state index contributed by atoms with van der Waals surface area (Å²) in [5.74, 6) is 0.757.